The standard InChI is InChI=1S/C11H26N2S/c1-4-7-13(8-5-2)10-11(12)6-9-14-3/h11H,4-10,12H2,1-3H3/t11-/m0/s1. The topological polar surface area (TPSA) is 29.3 Å². The summed E-state index contributed by atoms with van der Waals surface area (Å²) in [7, 11) is 0. The van der Waals surface area contributed by atoms with Crippen molar-refractivity contribution in [2.75, 3.05) is 31.6 Å². The van der Waals surface area contributed by atoms with Crippen LogP contribution in [0.25, 0.3) is 0 Å². The molecule has 1 atom stereocenters. The molecule has 86 valence electrons. The van der Waals surface area contributed by atoms with Crippen LogP contribution < -0.4 is 5.73 Å². The fourth-order valence-electron chi connectivity index (χ4n) is 1.62. The first-order valence-corrected chi connectivity index (χ1v) is 7.10. The van der Waals surface area contributed by atoms with Crippen LogP contribution in [0.1, 0.15) is 33.1 Å². The largest absolute Gasteiger partial charge is 0.327 e. The quantitative estimate of drug-likeness (QED) is 0.643. The minimum Gasteiger partial charge on any atom is -0.327 e. The van der Waals surface area contributed by atoms with Gasteiger partial charge in [-0.05, 0) is 44.4 Å². The highest BCUT2D eigenvalue weighted by atomic mass is 32.2. The molecule has 2 nitrogen and oxygen atoms in total. The first kappa shape index (κ1) is 14.3. The van der Waals surface area contributed by atoms with Crippen molar-refractivity contribution < 1.29 is 0 Å². The van der Waals surface area contributed by atoms with Crippen LogP contribution >= 0.6 is 11.8 Å². The molecule has 0 aromatic rings. The third kappa shape index (κ3) is 7.65. The Morgan fingerprint density at radius 3 is 2.21 bits per heavy atom. The third-order valence-corrected chi connectivity index (χ3v) is 2.91. The van der Waals surface area contributed by atoms with Gasteiger partial charge in [-0.1, -0.05) is 13.8 Å². The summed E-state index contributed by atoms with van der Waals surface area (Å²) in [5, 5.41) is 0. The number of nitrogens with two attached hydrogens (primary N) is 1. The van der Waals surface area contributed by atoms with E-state index in [0.29, 0.717) is 6.04 Å². The van der Waals surface area contributed by atoms with Gasteiger partial charge >= 0.3 is 0 Å². The molecular weight excluding hydrogens is 192 g/mol. The van der Waals surface area contributed by atoms with Crippen molar-refractivity contribution in [2.45, 2.75) is 39.2 Å². The number of hydrogen-bond donors (Lipinski definition) is 1. The highest BCUT2D eigenvalue weighted by molar-refractivity contribution is 7.98. The maximum atomic E-state index is 6.07. The van der Waals surface area contributed by atoms with Gasteiger partial charge in [0.05, 0.1) is 0 Å². The van der Waals surface area contributed by atoms with Crippen LogP contribution in [0.5, 0.6) is 0 Å². The maximum Gasteiger partial charge on any atom is 0.0175 e. The molecule has 0 aromatic heterocycles. The number of rotatable bonds is 9. The molecule has 0 radical (unpaired) electrons. The van der Waals surface area contributed by atoms with Crippen LogP contribution in [-0.4, -0.2) is 42.6 Å². The van der Waals surface area contributed by atoms with Gasteiger partial charge in [0.1, 0.15) is 0 Å². The van der Waals surface area contributed by atoms with Crippen LogP contribution in [0.15, 0.2) is 0 Å². The fraction of sp³-hybridized carbons (Fsp3) is 1.00. The van der Waals surface area contributed by atoms with Crippen molar-refractivity contribution in [3.63, 3.8) is 0 Å². The van der Waals surface area contributed by atoms with Crippen LogP contribution in [0.2, 0.25) is 0 Å². The summed E-state index contributed by atoms with van der Waals surface area (Å²) in [5.74, 6) is 1.19. The summed E-state index contributed by atoms with van der Waals surface area (Å²) < 4.78 is 0. The fourth-order valence-corrected chi connectivity index (χ4v) is 2.16. The lowest BCUT2D eigenvalue weighted by Crippen LogP contribution is -2.38. The average molecular weight is 218 g/mol. The van der Waals surface area contributed by atoms with E-state index in [1.807, 2.05) is 11.8 Å². The van der Waals surface area contributed by atoms with Crippen molar-refractivity contribution in [1.29, 1.82) is 0 Å². The van der Waals surface area contributed by atoms with Crippen LogP contribution in [0, 0.1) is 0 Å². The second-order valence-electron chi connectivity index (χ2n) is 3.84. The Bertz CT molecular complexity index is 114. The SMILES string of the molecule is CCCN(CCC)C[C@@H](N)CCSC. The molecule has 2 N–H and O–H groups in total. The van der Waals surface area contributed by atoms with Gasteiger partial charge in [-0.25, -0.2) is 0 Å². The van der Waals surface area contributed by atoms with Gasteiger partial charge in [0.25, 0.3) is 0 Å². The zero-order valence-electron chi connectivity index (χ0n) is 9.96. The van der Waals surface area contributed by atoms with Crippen molar-refractivity contribution in [1.82, 2.24) is 4.90 Å². The highest BCUT2D eigenvalue weighted by Gasteiger charge is 2.08. The molecule has 0 aliphatic rings. The molecule has 0 rings (SSSR count). The summed E-state index contributed by atoms with van der Waals surface area (Å²) in [4.78, 5) is 2.49. The molecule has 3 heteroatoms. The summed E-state index contributed by atoms with van der Waals surface area (Å²) in [6, 6.07) is 0.362. The second-order valence-corrected chi connectivity index (χ2v) is 4.83. The Labute approximate surface area is 93.6 Å². The van der Waals surface area contributed by atoms with E-state index in [0.717, 1.165) is 13.0 Å². The van der Waals surface area contributed by atoms with E-state index in [4.69, 9.17) is 5.73 Å². The van der Waals surface area contributed by atoms with Gasteiger partial charge in [0.15, 0.2) is 0 Å². The van der Waals surface area contributed by atoms with E-state index in [1.54, 1.807) is 0 Å². The lowest BCUT2D eigenvalue weighted by molar-refractivity contribution is 0.256. The molecular formula is C11H26N2S. The molecule has 0 fully saturated rings. The van der Waals surface area contributed by atoms with Gasteiger partial charge in [-0.15, -0.1) is 0 Å². The van der Waals surface area contributed by atoms with Crippen LogP contribution in [-0.2, 0) is 0 Å². The molecule has 0 heterocycles. The summed E-state index contributed by atoms with van der Waals surface area (Å²) in [5.41, 5.74) is 6.07. The van der Waals surface area contributed by atoms with Crippen LogP contribution in [0.4, 0.5) is 0 Å². The molecule has 0 unspecified atom stereocenters. The Morgan fingerprint density at radius 1 is 1.21 bits per heavy atom. The predicted octanol–water partition coefficient (Wildman–Crippen LogP) is 2.19. The molecule has 0 bridgehead atoms. The summed E-state index contributed by atoms with van der Waals surface area (Å²) >= 11 is 1.89. The highest BCUT2D eigenvalue weighted by Crippen LogP contribution is 2.02. The van der Waals surface area contributed by atoms with Crippen LogP contribution in [0.3, 0.4) is 0 Å². The van der Waals surface area contributed by atoms with Crippen molar-refractivity contribution in [3.8, 4) is 0 Å². The normalized spacial score (nSPS) is 13.5. The lowest BCUT2D eigenvalue weighted by Gasteiger charge is -2.24. The second kappa shape index (κ2) is 9.81. The van der Waals surface area contributed by atoms with E-state index in [9.17, 15) is 0 Å². The average Bonchev–Trinajstić information content (AvgIpc) is 2.15. The smallest absolute Gasteiger partial charge is 0.0175 e. The molecule has 0 aliphatic carbocycles. The minimum absolute atomic E-state index is 0.362. The van der Waals surface area contributed by atoms with E-state index < -0.39 is 0 Å². The van der Waals surface area contributed by atoms with Crippen molar-refractivity contribution >= 4 is 11.8 Å². The number of hydrogen-bond acceptors (Lipinski definition) is 3. The molecule has 14 heavy (non-hydrogen) atoms. The lowest BCUT2D eigenvalue weighted by atomic mass is 10.2. The Morgan fingerprint density at radius 2 is 1.79 bits per heavy atom. The Hall–Kier alpha value is 0.270. The van der Waals surface area contributed by atoms with Crippen molar-refractivity contribution in [2.24, 2.45) is 5.73 Å². The van der Waals surface area contributed by atoms with E-state index in [-0.39, 0.29) is 0 Å². The molecule has 0 saturated heterocycles. The molecule has 0 aromatic carbocycles. The third-order valence-electron chi connectivity index (χ3n) is 2.27. The van der Waals surface area contributed by atoms with Gasteiger partial charge in [-0.3, -0.25) is 0 Å². The first-order valence-electron chi connectivity index (χ1n) is 5.71. The zero-order valence-corrected chi connectivity index (χ0v) is 10.8. The summed E-state index contributed by atoms with van der Waals surface area (Å²) in [6.45, 7) is 7.93. The summed E-state index contributed by atoms with van der Waals surface area (Å²) in [6.07, 6.45) is 5.75. The zero-order chi connectivity index (χ0) is 10.8. The van der Waals surface area contributed by atoms with Gasteiger partial charge in [-0.2, -0.15) is 11.8 Å². The molecule has 0 saturated carbocycles. The monoisotopic (exact) mass is 218 g/mol. The van der Waals surface area contributed by atoms with E-state index >= 15 is 0 Å². The Kier molecular flexibility index (Phi) is 10.0. The van der Waals surface area contributed by atoms with Gasteiger partial charge in [0, 0.05) is 12.6 Å². The number of thioether (sulfide) groups is 1. The molecule has 0 aliphatic heterocycles. The maximum absolute atomic E-state index is 6.07. The first-order chi connectivity index (χ1) is 6.74. The van der Waals surface area contributed by atoms with Gasteiger partial charge < -0.3 is 10.6 Å². The number of nitrogens with zero attached hydrogens (tertiary/aromatic N) is 1. The van der Waals surface area contributed by atoms with Crippen molar-refractivity contribution in [3.05, 3.63) is 0 Å². The van der Waals surface area contributed by atoms with Gasteiger partial charge in [0.2, 0.25) is 0 Å². The van der Waals surface area contributed by atoms with E-state index in [2.05, 4.69) is 25.0 Å². The molecule has 0 spiro atoms. The molecule has 0 amide bonds. The van der Waals surface area contributed by atoms with E-state index in [1.165, 1.54) is 31.7 Å². The minimum atomic E-state index is 0.362. The predicted molar refractivity (Wildman–Crippen MR) is 68.0 cm³/mol. The Balaban J connectivity index is 3.64.